The van der Waals surface area contributed by atoms with Crippen molar-refractivity contribution in [1.29, 1.82) is 0 Å². The minimum Gasteiger partial charge on any atom is -0.508 e. The number of imide groups is 1. The van der Waals surface area contributed by atoms with E-state index in [1.165, 1.54) is 4.90 Å². The van der Waals surface area contributed by atoms with Gasteiger partial charge in [-0.15, -0.1) is 0 Å². The summed E-state index contributed by atoms with van der Waals surface area (Å²) in [4.78, 5) is 34.0. The maximum atomic E-state index is 13.5. The van der Waals surface area contributed by atoms with Crippen LogP contribution in [0, 0.1) is 12.8 Å². The number of para-hydroxylation sites is 1. The van der Waals surface area contributed by atoms with Gasteiger partial charge in [0.2, 0.25) is 5.91 Å². The third-order valence-corrected chi connectivity index (χ3v) is 5.65. The molecule has 2 heterocycles. The monoisotopic (exact) mass is 400 g/mol. The highest BCUT2D eigenvalue weighted by Gasteiger charge is 2.60. The van der Waals surface area contributed by atoms with Crippen molar-refractivity contribution in [1.82, 2.24) is 0 Å². The van der Waals surface area contributed by atoms with Gasteiger partial charge >= 0.3 is 0 Å². The third-order valence-electron chi connectivity index (χ3n) is 5.65. The molecule has 2 aliphatic rings. The lowest BCUT2D eigenvalue weighted by Gasteiger charge is -2.28. The molecule has 3 atom stereocenters. The number of phenols is 1. The summed E-state index contributed by atoms with van der Waals surface area (Å²) in [5.74, 6) is -1.21. The van der Waals surface area contributed by atoms with Gasteiger partial charge in [0, 0.05) is 0 Å². The summed E-state index contributed by atoms with van der Waals surface area (Å²) >= 11 is 0. The first-order chi connectivity index (χ1) is 14.5. The average Bonchev–Trinajstić information content (AvgIpc) is 3.27. The first kappa shape index (κ1) is 18.4. The van der Waals surface area contributed by atoms with Gasteiger partial charge in [0.25, 0.3) is 5.91 Å². The summed E-state index contributed by atoms with van der Waals surface area (Å²) in [6.45, 7) is 1.95. The number of rotatable bonds is 3. The molecular weight excluding hydrogens is 380 g/mol. The van der Waals surface area contributed by atoms with Crippen molar-refractivity contribution in [3.05, 3.63) is 90.0 Å². The molecule has 0 unspecified atom stereocenters. The number of hydrogen-bond donors (Lipinski definition) is 1. The zero-order valence-corrected chi connectivity index (χ0v) is 16.3. The molecule has 0 aromatic heterocycles. The van der Waals surface area contributed by atoms with E-state index in [1.807, 2.05) is 49.4 Å². The van der Waals surface area contributed by atoms with Crippen LogP contribution >= 0.6 is 0 Å². The Bertz CT molecular complexity index is 1100. The van der Waals surface area contributed by atoms with E-state index < -0.39 is 18.1 Å². The van der Waals surface area contributed by atoms with Crippen molar-refractivity contribution >= 4 is 23.2 Å². The lowest BCUT2D eigenvalue weighted by molar-refractivity contribution is -0.126. The predicted octanol–water partition coefficient (Wildman–Crippen LogP) is 3.75. The number of hydrogen-bond acceptors (Lipinski definition) is 5. The maximum Gasteiger partial charge on any atom is 0.266 e. The molecule has 0 aliphatic carbocycles. The van der Waals surface area contributed by atoms with Crippen molar-refractivity contribution in [3.8, 4) is 5.75 Å². The molecule has 3 aromatic carbocycles. The highest BCUT2D eigenvalue weighted by atomic mass is 16.7. The van der Waals surface area contributed by atoms with Crippen LogP contribution in [-0.4, -0.2) is 23.0 Å². The van der Waals surface area contributed by atoms with Crippen LogP contribution in [0.4, 0.5) is 11.4 Å². The Hall–Kier alpha value is -3.64. The Labute approximate surface area is 173 Å². The molecular formula is C24H20N2O4. The fourth-order valence-corrected chi connectivity index (χ4v) is 4.17. The molecule has 0 bridgehead atoms. The number of aromatic hydroxyl groups is 1. The Morgan fingerprint density at radius 1 is 0.800 bits per heavy atom. The molecule has 2 amide bonds. The number of benzene rings is 3. The van der Waals surface area contributed by atoms with Crippen LogP contribution in [0.3, 0.4) is 0 Å². The van der Waals surface area contributed by atoms with Gasteiger partial charge in [0.1, 0.15) is 11.7 Å². The van der Waals surface area contributed by atoms with E-state index in [9.17, 15) is 14.7 Å². The van der Waals surface area contributed by atoms with Gasteiger partial charge in [0.05, 0.1) is 17.4 Å². The molecule has 3 aromatic rings. The minimum atomic E-state index is -0.905. The summed E-state index contributed by atoms with van der Waals surface area (Å²) < 4.78 is 0. The van der Waals surface area contributed by atoms with E-state index in [0.29, 0.717) is 5.69 Å². The highest BCUT2D eigenvalue weighted by molar-refractivity contribution is 6.23. The summed E-state index contributed by atoms with van der Waals surface area (Å²) in [6.07, 6.45) is -0.905. The SMILES string of the molecule is Cc1ccc(N2C(=O)[C@H]3[C@@H](c4ccc(O)cc4)N(c4ccccc4)O[C@H]3C2=O)cc1. The van der Waals surface area contributed by atoms with Crippen LogP contribution in [0.25, 0.3) is 0 Å². The average molecular weight is 400 g/mol. The van der Waals surface area contributed by atoms with E-state index in [-0.39, 0.29) is 17.6 Å². The normalized spacial score (nSPS) is 23.2. The molecule has 2 saturated heterocycles. The predicted molar refractivity (Wildman–Crippen MR) is 112 cm³/mol. The van der Waals surface area contributed by atoms with Crippen LogP contribution in [0.2, 0.25) is 0 Å². The summed E-state index contributed by atoms with van der Waals surface area (Å²) in [6, 6.07) is 22.9. The number of fused-ring (bicyclic) bond motifs is 1. The fraction of sp³-hybridized carbons (Fsp3) is 0.167. The Kier molecular flexibility index (Phi) is 4.29. The number of carbonyl (C=O) groups excluding carboxylic acids is 2. The number of amides is 2. The molecule has 5 rings (SSSR count). The van der Waals surface area contributed by atoms with Crippen LogP contribution < -0.4 is 9.96 Å². The number of nitrogens with zero attached hydrogens (tertiary/aromatic N) is 2. The number of aryl methyl sites for hydroxylation is 1. The van der Waals surface area contributed by atoms with Crippen molar-refractivity contribution in [3.63, 3.8) is 0 Å². The largest absolute Gasteiger partial charge is 0.508 e. The van der Waals surface area contributed by atoms with Crippen LogP contribution in [0.15, 0.2) is 78.9 Å². The zero-order valence-electron chi connectivity index (χ0n) is 16.3. The van der Waals surface area contributed by atoms with Crippen LogP contribution in [0.1, 0.15) is 17.2 Å². The first-order valence-electron chi connectivity index (χ1n) is 9.79. The Morgan fingerprint density at radius 3 is 2.13 bits per heavy atom. The molecule has 0 spiro atoms. The molecule has 0 saturated carbocycles. The second-order valence-electron chi connectivity index (χ2n) is 7.60. The quantitative estimate of drug-likeness (QED) is 0.678. The van der Waals surface area contributed by atoms with E-state index in [1.54, 1.807) is 41.5 Å². The third kappa shape index (κ3) is 2.84. The molecule has 2 fully saturated rings. The Balaban J connectivity index is 1.58. The van der Waals surface area contributed by atoms with Crippen molar-refractivity contribution < 1.29 is 19.5 Å². The standard InChI is InChI=1S/C24H20N2O4/c1-15-7-11-17(12-8-15)25-23(28)20-21(16-9-13-19(27)14-10-16)26(30-22(20)24(25)29)18-5-3-2-4-6-18/h2-14,20-22,27H,1H3/t20-,21+,22+/m0/s1. The lowest BCUT2D eigenvalue weighted by Crippen LogP contribution is -2.37. The van der Waals surface area contributed by atoms with Gasteiger partial charge in [0.15, 0.2) is 6.10 Å². The second kappa shape index (κ2) is 7.00. The van der Waals surface area contributed by atoms with Crippen molar-refractivity contribution in [2.75, 3.05) is 9.96 Å². The molecule has 6 nitrogen and oxygen atoms in total. The van der Waals surface area contributed by atoms with E-state index in [2.05, 4.69) is 0 Å². The minimum absolute atomic E-state index is 0.135. The van der Waals surface area contributed by atoms with Crippen LogP contribution in [-0.2, 0) is 14.4 Å². The summed E-state index contributed by atoms with van der Waals surface area (Å²) in [5.41, 5.74) is 3.14. The van der Waals surface area contributed by atoms with E-state index >= 15 is 0 Å². The number of carbonyl (C=O) groups is 2. The van der Waals surface area contributed by atoms with Crippen LogP contribution in [0.5, 0.6) is 5.75 Å². The number of anilines is 2. The zero-order chi connectivity index (χ0) is 20.8. The smallest absolute Gasteiger partial charge is 0.266 e. The highest BCUT2D eigenvalue weighted by Crippen LogP contribution is 2.47. The van der Waals surface area contributed by atoms with E-state index in [4.69, 9.17) is 4.84 Å². The topological polar surface area (TPSA) is 70.1 Å². The molecule has 1 N–H and O–H groups in total. The van der Waals surface area contributed by atoms with Gasteiger partial charge in [-0.2, -0.15) is 0 Å². The molecule has 2 aliphatic heterocycles. The first-order valence-corrected chi connectivity index (χ1v) is 9.79. The van der Waals surface area contributed by atoms with Crippen molar-refractivity contribution in [2.45, 2.75) is 19.1 Å². The Morgan fingerprint density at radius 2 is 1.47 bits per heavy atom. The fourth-order valence-electron chi connectivity index (χ4n) is 4.17. The van der Waals surface area contributed by atoms with E-state index in [0.717, 1.165) is 16.8 Å². The summed E-state index contributed by atoms with van der Waals surface area (Å²) in [5, 5.41) is 11.3. The summed E-state index contributed by atoms with van der Waals surface area (Å²) in [7, 11) is 0. The molecule has 150 valence electrons. The van der Waals surface area contributed by atoms with Crippen molar-refractivity contribution in [2.24, 2.45) is 5.92 Å². The number of phenolic OH excluding ortho intramolecular Hbond substituents is 1. The molecule has 0 radical (unpaired) electrons. The molecule has 30 heavy (non-hydrogen) atoms. The maximum absolute atomic E-state index is 13.5. The van der Waals surface area contributed by atoms with Gasteiger partial charge < -0.3 is 5.11 Å². The second-order valence-corrected chi connectivity index (χ2v) is 7.60. The lowest BCUT2D eigenvalue weighted by atomic mass is 9.90. The van der Waals surface area contributed by atoms with Gasteiger partial charge in [-0.1, -0.05) is 48.0 Å². The molecule has 6 heteroatoms. The van der Waals surface area contributed by atoms with Gasteiger partial charge in [-0.05, 0) is 48.9 Å². The van der Waals surface area contributed by atoms with Gasteiger partial charge in [-0.25, -0.2) is 9.96 Å². The van der Waals surface area contributed by atoms with Gasteiger partial charge in [-0.3, -0.25) is 14.4 Å². The number of hydroxylamine groups is 1.